The quantitative estimate of drug-likeness (QED) is 0.796. The zero-order chi connectivity index (χ0) is 12.3. The van der Waals surface area contributed by atoms with E-state index in [0.717, 1.165) is 17.0 Å². The summed E-state index contributed by atoms with van der Waals surface area (Å²) >= 11 is 0. The van der Waals surface area contributed by atoms with E-state index < -0.39 is 6.09 Å². The molecule has 0 radical (unpaired) electrons. The summed E-state index contributed by atoms with van der Waals surface area (Å²) in [6.45, 7) is 3.93. The number of rotatable bonds is 2. The molecular weight excluding hydrogens is 216 g/mol. The predicted molar refractivity (Wildman–Crippen MR) is 63.7 cm³/mol. The van der Waals surface area contributed by atoms with Crippen LogP contribution in [-0.4, -0.2) is 15.9 Å². The first kappa shape index (κ1) is 11.4. The Balaban J connectivity index is 2.01. The maximum Gasteiger partial charge on any atom is 0.435 e. The van der Waals surface area contributed by atoms with E-state index >= 15 is 0 Å². The monoisotopic (exact) mass is 230 g/mol. The first-order valence-electron chi connectivity index (χ1n) is 5.41. The van der Waals surface area contributed by atoms with Gasteiger partial charge in [0.1, 0.15) is 6.61 Å². The van der Waals surface area contributed by atoms with Crippen molar-refractivity contribution in [3.63, 3.8) is 0 Å². The molecule has 17 heavy (non-hydrogen) atoms. The SMILES string of the molecule is Cc1cc(C)n(C(=O)OCc2ccccc2)n1. The van der Waals surface area contributed by atoms with Crippen LogP contribution >= 0.6 is 0 Å². The zero-order valence-corrected chi connectivity index (χ0v) is 9.88. The van der Waals surface area contributed by atoms with E-state index in [0.29, 0.717) is 0 Å². The molecule has 0 saturated heterocycles. The molecule has 0 unspecified atom stereocenters. The van der Waals surface area contributed by atoms with Gasteiger partial charge in [0.15, 0.2) is 0 Å². The molecule has 4 heteroatoms. The van der Waals surface area contributed by atoms with E-state index in [2.05, 4.69) is 5.10 Å². The van der Waals surface area contributed by atoms with E-state index in [-0.39, 0.29) is 6.61 Å². The molecule has 4 nitrogen and oxygen atoms in total. The van der Waals surface area contributed by atoms with Crippen LogP contribution in [0.2, 0.25) is 0 Å². The van der Waals surface area contributed by atoms with Crippen LogP contribution in [0.1, 0.15) is 17.0 Å². The van der Waals surface area contributed by atoms with Crippen LogP contribution in [0.4, 0.5) is 4.79 Å². The van der Waals surface area contributed by atoms with Crippen molar-refractivity contribution in [2.75, 3.05) is 0 Å². The first-order valence-corrected chi connectivity index (χ1v) is 5.41. The Kier molecular flexibility index (Phi) is 3.23. The molecule has 0 fully saturated rings. The smallest absolute Gasteiger partial charge is 0.435 e. The molecule has 0 bridgehead atoms. The lowest BCUT2D eigenvalue weighted by Gasteiger charge is -2.05. The van der Waals surface area contributed by atoms with Gasteiger partial charge in [-0.1, -0.05) is 30.3 Å². The van der Waals surface area contributed by atoms with Gasteiger partial charge in [-0.2, -0.15) is 9.78 Å². The summed E-state index contributed by atoms with van der Waals surface area (Å²) in [7, 11) is 0. The molecule has 1 aromatic carbocycles. The summed E-state index contributed by atoms with van der Waals surface area (Å²) in [6.07, 6.45) is -0.445. The van der Waals surface area contributed by atoms with Crippen molar-refractivity contribution in [2.45, 2.75) is 20.5 Å². The lowest BCUT2D eigenvalue weighted by atomic mass is 10.2. The van der Waals surface area contributed by atoms with Gasteiger partial charge < -0.3 is 4.74 Å². The number of aryl methyl sites for hydroxylation is 2. The minimum Gasteiger partial charge on any atom is -0.443 e. The predicted octanol–water partition coefficient (Wildman–Crippen LogP) is 2.68. The fourth-order valence-corrected chi connectivity index (χ4v) is 1.59. The van der Waals surface area contributed by atoms with Gasteiger partial charge in [0.2, 0.25) is 0 Å². The molecule has 0 spiro atoms. The molecule has 0 N–H and O–H groups in total. The fourth-order valence-electron chi connectivity index (χ4n) is 1.59. The Morgan fingerprint density at radius 1 is 1.29 bits per heavy atom. The Morgan fingerprint density at radius 2 is 2.00 bits per heavy atom. The van der Waals surface area contributed by atoms with Crippen molar-refractivity contribution < 1.29 is 9.53 Å². The maximum absolute atomic E-state index is 11.7. The van der Waals surface area contributed by atoms with E-state index in [9.17, 15) is 4.79 Å². The standard InChI is InChI=1S/C13H14N2O2/c1-10-8-11(2)15(14-10)13(16)17-9-12-6-4-3-5-7-12/h3-8H,9H2,1-2H3. The molecule has 0 saturated carbocycles. The van der Waals surface area contributed by atoms with Crippen molar-refractivity contribution in [3.05, 3.63) is 53.3 Å². The van der Waals surface area contributed by atoms with Crippen molar-refractivity contribution in [1.29, 1.82) is 0 Å². The normalized spacial score (nSPS) is 10.2. The second-order valence-corrected chi connectivity index (χ2v) is 3.88. The number of ether oxygens (including phenoxy) is 1. The third-order valence-electron chi connectivity index (χ3n) is 2.39. The minimum atomic E-state index is -0.445. The van der Waals surface area contributed by atoms with Crippen LogP contribution in [0.5, 0.6) is 0 Å². The average Bonchev–Trinajstić information content (AvgIpc) is 2.67. The molecule has 0 atom stereocenters. The van der Waals surface area contributed by atoms with Crippen molar-refractivity contribution in [1.82, 2.24) is 9.78 Å². The van der Waals surface area contributed by atoms with E-state index in [1.807, 2.05) is 50.2 Å². The Morgan fingerprint density at radius 3 is 2.59 bits per heavy atom. The highest BCUT2D eigenvalue weighted by Gasteiger charge is 2.10. The molecule has 1 heterocycles. The Bertz CT molecular complexity index is 517. The summed E-state index contributed by atoms with van der Waals surface area (Å²) < 4.78 is 6.45. The Hall–Kier alpha value is -2.10. The van der Waals surface area contributed by atoms with Crippen LogP contribution in [0.3, 0.4) is 0 Å². The molecule has 88 valence electrons. The van der Waals surface area contributed by atoms with Gasteiger partial charge in [-0.25, -0.2) is 4.79 Å². The Labute approximate surface area is 99.8 Å². The number of aromatic nitrogens is 2. The summed E-state index contributed by atoms with van der Waals surface area (Å²) in [6, 6.07) is 11.4. The molecule has 0 aliphatic heterocycles. The van der Waals surface area contributed by atoms with Crippen LogP contribution in [0.15, 0.2) is 36.4 Å². The second kappa shape index (κ2) is 4.82. The number of benzene rings is 1. The van der Waals surface area contributed by atoms with E-state index in [4.69, 9.17) is 4.74 Å². The number of carbonyl (C=O) groups is 1. The summed E-state index contributed by atoms with van der Waals surface area (Å²) in [5.74, 6) is 0. The topological polar surface area (TPSA) is 44.1 Å². The van der Waals surface area contributed by atoms with Crippen LogP contribution in [0, 0.1) is 13.8 Å². The molecule has 1 aromatic heterocycles. The van der Waals surface area contributed by atoms with E-state index in [1.54, 1.807) is 0 Å². The summed E-state index contributed by atoms with van der Waals surface area (Å²) in [5.41, 5.74) is 2.54. The van der Waals surface area contributed by atoms with Gasteiger partial charge in [-0.05, 0) is 25.5 Å². The van der Waals surface area contributed by atoms with Crippen molar-refractivity contribution >= 4 is 6.09 Å². The van der Waals surface area contributed by atoms with Crippen LogP contribution in [0.25, 0.3) is 0 Å². The molecular formula is C13H14N2O2. The molecule has 0 amide bonds. The van der Waals surface area contributed by atoms with Gasteiger partial charge >= 0.3 is 6.09 Å². The number of hydrogen-bond donors (Lipinski definition) is 0. The highest BCUT2D eigenvalue weighted by Crippen LogP contribution is 2.05. The van der Waals surface area contributed by atoms with Crippen LogP contribution < -0.4 is 0 Å². The number of carbonyl (C=O) groups excluding carboxylic acids is 1. The van der Waals surface area contributed by atoms with Gasteiger partial charge in [0.05, 0.1) is 5.69 Å². The largest absolute Gasteiger partial charge is 0.443 e. The third kappa shape index (κ3) is 2.72. The van der Waals surface area contributed by atoms with Crippen molar-refractivity contribution in [3.8, 4) is 0 Å². The molecule has 0 aliphatic rings. The number of nitrogens with zero attached hydrogens (tertiary/aromatic N) is 2. The number of hydrogen-bond acceptors (Lipinski definition) is 3. The lowest BCUT2D eigenvalue weighted by Crippen LogP contribution is -2.16. The highest BCUT2D eigenvalue weighted by molar-refractivity contribution is 5.70. The van der Waals surface area contributed by atoms with Crippen LogP contribution in [-0.2, 0) is 11.3 Å². The molecule has 0 aliphatic carbocycles. The van der Waals surface area contributed by atoms with Crippen molar-refractivity contribution in [2.24, 2.45) is 0 Å². The summed E-state index contributed by atoms with van der Waals surface area (Å²) in [4.78, 5) is 11.7. The fraction of sp³-hybridized carbons (Fsp3) is 0.231. The van der Waals surface area contributed by atoms with Gasteiger partial charge in [-0.3, -0.25) is 0 Å². The average molecular weight is 230 g/mol. The minimum absolute atomic E-state index is 0.262. The van der Waals surface area contributed by atoms with Gasteiger partial charge in [0.25, 0.3) is 0 Å². The second-order valence-electron chi connectivity index (χ2n) is 3.88. The third-order valence-corrected chi connectivity index (χ3v) is 2.39. The molecule has 2 aromatic rings. The first-order chi connectivity index (χ1) is 8.16. The highest BCUT2D eigenvalue weighted by atomic mass is 16.6. The zero-order valence-electron chi connectivity index (χ0n) is 9.88. The molecule has 2 rings (SSSR count). The maximum atomic E-state index is 11.7. The van der Waals surface area contributed by atoms with E-state index in [1.165, 1.54) is 4.68 Å². The lowest BCUT2D eigenvalue weighted by molar-refractivity contribution is 0.137. The van der Waals surface area contributed by atoms with Gasteiger partial charge in [-0.15, -0.1) is 0 Å². The summed E-state index contributed by atoms with van der Waals surface area (Å²) in [5, 5.41) is 4.06. The van der Waals surface area contributed by atoms with Gasteiger partial charge in [0, 0.05) is 5.69 Å².